The molecular weight excluding hydrogens is 214 g/mol. The maximum Gasteiger partial charge on any atom is 0.351 e. The van der Waals surface area contributed by atoms with E-state index in [1.807, 2.05) is 0 Å². The van der Waals surface area contributed by atoms with E-state index < -0.39 is 18.8 Å². The first-order chi connectivity index (χ1) is 5.98. The molecule has 0 saturated heterocycles. The van der Waals surface area contributed by atoms with Crippen LogP contribution >= 0.6 is 19.2 Å². The lowest BCUT2D eigenvalue weighted by Gasteiger charge is -2.23. The Morgan fingerprint density at radius 2 is 1.77 bits per heavy atom. The lowest BCUT2D eigenvalue weighted by Crippen LogP contribution is -2.19. The van der Waals surface area contributed by atoms with Gasteiger partial charge in [0.2, 0.25) is 0 Å². The summed E-state index contributed by atoms with van der Waals surface area (Å²) in [6.45, 7) is 5.32. The van der Waals surface area contributed by atoms with Crippen molar-refractivity contribution >= 4 is 19.2 Å². The van der Waals surface area contributed by atoms with Crippen molar-refractivity contribution < 1.29 is 18.7 Å². The van der Waals surface area contributed by atoms with Gasteiger partial charge in [-0.15, -0.1) is 11.6 Å². The van der Waals surface area contributed by atoms with Crippen molar-refractivity contribution in [3.05, 3.63) is 0 Å². The first-order valence-electron chi connectivity index (χ1n) is 4.18. The highest BCUT2D eigenvalue weighted by atomic mass is 35.5. The van der Waals surface area contributed by atoms with E-state index in [4.69, 9.17) is 25.8 Å². The fourth-order valence-electron chi connectivity index (χ4n) is 0.804. The standard InChI is InChI=1S/C7H16ClO4P/c1-4-11-13(10,12-5-2)7(8)6(3)9/h6-7,9H,4-5H2,1-3H3/t6-,7-/m0/s1. The molecule has 0 fully saturated rings. The quantitative estimate of drug-likeness (QED) is 0.561. The Morgan fingerprint density at radius 3 is 2.00 bits per heavy atom. The maximum absolute atomic E-state index is 11.8. The molecule has 0 bridgehead atoms. The number of rotatable bonds is 6. The minimum atomic E-state index is -3.35. The third kappa shape index (κ3) is 3.96. The van der Waals surface area contributed by atoms with E-state index in [2.05, 4.69) is 0 Å². The Bertz CT molecular complexity index is 175. The highest BCUT2D eigenvalue weighted by Gasteiger charge is 2.37. The summed E-state index contributed by atoms with van der Waals surface area (Å²) in [6, 6.07) is 0. The second kappa shape index (κ2) is 5.99. The summed E-state index contributed by atoms with van der Waals surface area (Å²) in [5, 5.41) is 8.14. The summed E-state index contributed by atoms with van der Waals surface area (Å²) in [7, 11) is -3.35. The molecule has 1 N–H and O–H groups in total. The Labute approximate surface area is 83.7 Å². The summed E-state index contributed by atoms with van der Waals surface area (Å²) in [5.74, 6) is 0. The molecule has 0 aliphatic heterocycles. The number of alkyl halides is 1. The Kier molecular flexibility index (Phi) is 6.18. The molecule has 0 aromatic heterocycles. The zero-order valence-electron chi connectivity index (χ0n) is 8.07. The fraction of sp³-hybridized carbons (Fsp3) is 1.00. The highest BCUT2D eigenvalue weighted by molar-refractivity contribution is 7.56. The Balaban J connectivity index is 4.47. The average molecular weight is 231 g/mol. The smallest absolute Gasteiger partial charge is 0.351 e. The van der Waals surface area contributed by atoms with E-state index >= 15 is 0 Å². The third-order valence-corrected chi connectivity index (χ3v) is 4.67. The molecule has 0 radical (unpaired) electrons. The van der Waals surface area contributed by atoms with Crippen molar-refractivity contribution in [1.82, 2.24) is 0 Å². The average Bonchev–Trinajstić information content (AvgIpc) is 2.03. The van der Waals surface area contributed by atoms with E-state index in [0.29, 0.717) is 0 Å². The number of halogens is 1. The van der Waals surface area contributed by atoms with Crippen LogP contribution in [0.25, 0.3) is 0 Å². The molecule has 0 aromatic carbocycles. The molecule has 0 amide bonds. The molecule has 6 heteroatoms. The molecule has 80 valence electrons. The topological polar surface area (TPSA) is 55.8 Å². The first kappa shape index (κ1) is 13.4. The lowest BCUT2D eigenvalue weighted by molar-refractivity contribution is 0.171. The Hall–Kier alpha value is 0.400. The van der Waals surface area contributed by atoms with Gasteiger partial charge < -0.3 is 14.2 Å². The van der Waals surface area contributed by atoms with Crippen LogP contribution in [0.15, 0.2) is 0 Å². The molecule has 0 heterocycles. The summed E-state index contributed by atoms with van der Waals surface area (Å²) >= 11 is 5.72. The zero-order chi connectivity index (χ0) is 10.5. The largest absolute Gasteiger partial charge is 0.391 e. The molecule has 13 heavy (non-hydrogen) atoms. The normalized spacial score (nSPS) is 17.0. The second-order valence-electron chi connectivity index (χ2n) is 2.49. The second-order valence-corrected chi connectivity index (χ2v) is 5.42. The van der Waals surface area contributed by atoms with E-state index in [9.17, 15) is 4.57 Å². The molecule has 0 saturated carbocycles. The van der Waals surface area contributed by atoms with Gasteiger partial charge in [0.25, 0.3) is 0 Å². The molecule has 2 atom stereocenters. The van der Waals surface area contributed by atoms with Crippen LogP contribution in [-0.4, -0.2) is 29.5 Å². The van der Waals surface area contributed by atoms with Crippen molar-refractivity contribution in [1.29, 1.82) is 0 Å². The van der Waals surface area contributed by atoms with Gasteiger partial charge in [0, 0.05) is 0 Å². The minimum absolute atomic E-state index is 0.243. The van der Waals surface area contributed by atoms with Crippen LogP contribution in [0.1, 0.15) is 20.8 Å². The van der Waals surface area contributed by atoms with Crippen LogP contribution in [0, 0.1) is 0 Å². The molecule has 0 aliphatic rings. The molecule has 0 spiro atoms. The molecule has 0 aromatic rings. The van der Waals surface area contributed by atoms with Crippen LogP contribution in [0.3, 0.4) is 0 Å². The minimum Gasteiger partial charge on any atom is -0.391 e. The van der Waals surface area contributed by atoms with E-state index in [1.165, 1.54) is 6.92 Å². The van der Waals surface area contributed by atoms with Gasteiger partial charge in [0.1, 0.15) is 0 Å². The number of aliphatic hydroxyl groups excluding tert-OH is 1. The van der Waals surface area contributed by atoms with E-state index in [0.717, 1.165) is 0 Å². The van der Waals surface area contributed by atoms with Crippen LogP contribution in [0.5, 0.6) is 0 Å². The number of aliphatic hydroxyl groups is 1. The van der Waals surface area contributed by atoms with Gasteiger partial charge in [-0.05, 0) is 20.8 Å². The molecule has 0 aliphatic carbocycles. The summed E-state index contributed by atoms with van der Waals surface area (Å²) < 4.78 is 21.7. The Morgan fingerprint density at radius 1 is 1.38 bits per heavy atom. The van der Waals surface area contributed by atoms with Gasteiger partial charge in [0.15, 0.2) is 5.12 Å². The monoisotopic (exact) mass is 230 g/mol. The van der Waals surface area contributed by atoms with E-state index in [-0.39, 0.29) is 13.2 Å². The SMILES string of the molecule is CCOP(=O)(OCC)[C@H](Cl)[C@H](C)O. The van der Waals surface area contributed by atoms with Gasteiger partial charge in [0.05, 0.1) is 19.3 Å². The van der Waals surface area contributed by atoms with Crippen LogP contribution in [0.4, 0.5) is 0 Å². The van der Waals surface area contributed by atoms with Crippen molar-refractivity contribution in [2.45, 2.75) is 32.0 Å². The molecule has 0 rings (SSSR count). The van der Waals surface area contributed by atoms with Gasteiger partial charge in [-0.1, -0.05) is 0 Å². The molecule has 0 unspecified atom stereocenters. The van der Waals surface area contributed by atoms with Crippen LogP contribution < -0.4 is 0 Å². The zero-order valence-corrected chi connectivity index (χ0v) is 9.72. The van der Waals surface area contributed by atoms with Crippen molar-refractivity contribution in [3.63, 3.8) is 0 Å². The predicted octanol–water partition coefficient (Wildman–Crippen LogP) is 2.20. The fourth-order valence-corrected chi connectivity index (χ4v) is 2.75. The molecular formula is C7H16ClO4P. The highest BCUT2D eigenvalue weighted by Crippen LogP contribution is 2.55. The van der Waals surface area contributed by atoms with Gasteiger partial charge in [-0.2, -0.15) is 0 Å². The van der Waals surface area contributed by atoms with Gasteiger partial charge in [-0.25, -0.2) is 0 Å². The van der Waals surface area contributed by atoms with Gasteiger partial charge in [-0.3, -0.25) is 4.57 Å². The number of hydrogen-bond acceptors (Lipinski definition) is 4. The third-order valence-electron chi connectivity index (χ3n) is 1.32. The maximum atomic E-state index is 11.8. The summed E-state index contributed by atoms with van der Waals surface area (Å²) in [4.78, 5) is 0. The van der Waals surface area contributed by atoms with Crippen molar-refractivity contribution in [2.75, 3.05) is 13.2 Å². The lowest BCUT2D eigenvalue weighted by atomic mass is 10.5. The van der Waals surface area contributed by atoms with Crippen LogP contribution in [-0.2, 0) is 13.6 Å². The number of hydrogen-bond donors (Lipinski definition) is 1. The molecule has 4 nitrogen and oxygen atoms in total. The first-order valence-corrected chi connectivity index (χ1v) is 6.23. The van der Waals surface area contributed by atoms with Crippen molar-refractivity contribution in [2.24, 2.45) is 0 Å². The predicted molar refractivity (Wildman–Crippen MR) is 52.2 cm³/mol. The van der Waals surface area contributed by atoms with E-state index in [1.54, 1.807) is 13.8 Å². The summed E-state index contributed by atoms with van der Waals surface area (Å²) in [6.07, 6.45) is -0.925. The summed E-state index contributed by atoms with van der Waals surface area (Å²) in [5.41, 5.74) is 0. The van der Waals surface area contributed by atoms with Gasteiger partial charge >= 0.3 is 7.60 Å². The van der Waals surface area contributed by atoms with Crippen LogP contribution in [0.2, 0.25) is 0 Å². The van der Waals surface area contributed by atoms with Crippen molar-refractivity contribution in [3.8, 4) is 0 Å².